The first-order valence-corrected chi connectivity index (χ1v) is 9.50. The highest BCUT2D eigenvalue weighted by Gasteiger charge is 2.24. The van der Waals surface area contributed by atoms with E-state index in [4.69, 9.17) is 5.14 Å². The summed E-state index contributed by atoms with van der Waals surface area (Å²) in [6.45, 7) is 5.95. The van der Waals surface area contributed by atoms with Gasteiger partial charge < -0.3 is 5.32 Å². The highest BCUT2D eigenvalue weighted by Crippen LogP contribution is 2.19. The van der Waals surface area contributed by atoms with Crippen molar-refractivity contribution >= 4 is 21.6 Å². The predicted octanol–water partition coefficient (Wildman–Crippen LogP) is 1.78. The lowest BCUT2D eigenvalue weighted by molar-refractivity contribution is -0.120. The summed E-state index contributed by atoms with van der Waals surface area (Å²) in [4.78, 5) is 14.6. The molecule has 1 aromatic carbocycles. The highest BCUT2D eigenvalue weighted by atomic mass is 32.2. The van der Waals surface area contributed by atoms with Crippen LogP contribution in [0.25, 0.3) is 0 Å². The number of anilines is 1. The third-order valence-electron chi connectivity index (χ3n) is 4.41. The number of nitrogens with one attached hydrogen (secondary N) is 1. The molecule has 6 nitrogen and oxygen atoms in total. The van der Waals surface area contributed by atoms with Crippen LogP contribution in [0.15, 0.2) is 29.2 Å². The molecule has 128 valence electrons. The summed E-state index contributed by atoms with van der Waals surface area (Å²) >= 11 is 0. The van der Waals surface area contributed by atoms with Gasteiger partial charge in [-0.2, -0.15) is 0 Å². The molecule has 0 saturated carbocycles. The number of rotatable bonds is 4. The van der Waals surface area contributed by atoms with Gasteiger partial charge in [-0.25, -0.2) is 13.6 Å². The minimum atomic E-state index is -3.77. The predicted molar refractivity (Wildman–Crippen MR) is 90.5 cm³/mol. The molecule has 23 heavy (non-hydrogen) atoms. The number of nitrogens with two attached hydrogens (primary N) is 1. The molecule has 1 fully saturated rings. The van der Waals surface area contributed by atoms with Crippen molar-refractivity contribution in [1.29, 1.82) is 0 Å². The van der Waals surface area contributed by atoms with Crippen LogP contribution in [0.3, 0.4) is 0 Å². The molecule has 2 atom stereocenters. The maximum absolute atomic E-state index is 12.4. The van der Waals surface area contributed by atoms with E-state index >= 15 is 0 Å². The Balaban J connectivity index is 2.03. The van der Waals surface area contributed by atoms with Gasteiger partial charge in [0.15, 0.2) is 0 Å². The number of hydrogen-bond acceptors (Lipinski definition) is 4. The van der Waals surface area contributed by atoms with Gasteiger partial charge in [-0.1, -0.05) is 13.0 Å². The van der Waals surface area contributed by atoms with Crippen LogP contribution in [0.5, 0.6) is 0 Å². The third kappa shape index (κ3) is 5.02. The third-order valence-corrected chi connectivity index (χ3v) is 5.32. The number of primary sulfonamides is 1. The Morgan fingerprint density at radius 2 is 2.09 bits per heavy atom. The molecular formula is C16H25N3O3S. The van der Waals surface area contributed by atoms with Crippen LogP contribution < -0.4 is 10.5 Å². The lowest BCUT2D eigenvalue weighted by Gasteiger charge is -2.26. The van der Waals surface area contributed by atoms with E-state index in [0.29, 0.717) is 11.6 Å². The van der Waals surface area contributed by atoms with E-state index < -0.39 is 10.0 Å². The van der Waals surface area contributed by atoms with E-state index in [0.717, 1.165) is 25.9 Å². The largest absolute Gasteiger partial charge is 0.325 e. The van der Waals surface area contributed by atoms with Crippen LogP contribution in [0, 0.1) is 5.92 Å². The molecule has 0 aromatic heterocycles. The molecular weight excluding hydrogens is 314 g/mol. The number of benzene rings is 1. The Morgan fingerprint density at radius 3 is 2.78 bits per heavy atom. The van der Waals surface area contributed by atoms with E-state index in [1.54, 1.807) is 12.1 Å². The number of nitrogens with zero attached hydrogens (tertiary/aromatic N) is 1. The maximum atomic E-state index is 12.4. The minimum Gasteiger partial charge on any atom is -0.325 e. The summed E-state index contributed by atoms with van der Waals surface area (Å²) < 4.78 is 22.8. The quantitative estimate of drug-likeness (QED) is 0.874. The van der Waals surface area contributed by atoms with Crippen molar-refractivity contribution in [3.05, 3.63) is 24.3 Å². The molecule has 0 spiro atoms. The van der Waals surface area contributed by atoms with E-state index in [-0.39, 0.29) is 16.8 Å². The van der Waals surface area contributed by atoms with Crippen LogP contribution in [0.2, 0.25) is 0 Å². The second-order valence-electron chi connectivity index (χ2n) is 6.31. The van der Waals surface area contributed by atoms with Gasteiger partial charge in [-0.3, -0.25) is 9.69 Å². The standard InChI is InChI=1S/C16H25N3O3S/c1-12-5-4-9-19(10-8-12)13(2)16(20)18-14-6-3-7-15(11-14)23(17,21)22/h3,6-7,11-13H,4-5,8-10H2,1-2H3,(H,18,20)(H2,17,21,22)/t12-,13-/m1/s1. The molecule has 3 N–H and O–H groups in total. The van der Waals surface area contributed by atoms with Crippen LogP contribution in [-0.2, 0) is 14.8 Å². The van der Waals surface area contributed by atoms with Gasteiger partial charge in [0.2, 0.25) is 15.9 Å². The molecule has 1 amide bonds. The van der Waals surface area contributed by atoms with Gasteiger partial charge in [-0.15, -0.1) is 0 Å². The molecule has 1 heterocycles. The van der Waals surface area contributed by atoms with Gasteiger partial charge in [-0.05, 0) is 63.4 Å². The molecule has 0 aliphatic carbocycles. The smallest absolute Gasteiger partial charge is 0.241 e. The molecule has 2 rings (SSSR count). The van der Waals surface area contributed by atoms with E-state index in [1.165, 1.54) is 18.6 Å². The van der Waals surface area contributed by atoms with Gasteiger partial charge in [0.1, 0.15) is 0 Å². The second-order valence-corrected chi connectivity index (χ2v) is 7.87. The SMILES string of the molecule is C[C@@H]1CCCN([C@H](C)C(=O)Nc2cccc(S(N)(=O)=O)c2)CC1. The Morgan fingerprint density at radius 1 is 1.35 bits per heavy atom. The monoisotopic (exact) mass is 339 g/mol. The molecule has 1 saturated heterocycles. The first-order chi connectivity index (χ1) is 10.8. The Labute approximate surface area is 138 Å². The summed E-state index contributed by atoms with van der Waals surface area (Å²) in [6.07, 6.45) is 3.39. The molecule has 1 aromatic rings. The summed E-state index contributed by atoms with van der Waals surface area (Å²) in [5.74, 6) is 0.563. The van der Waals surface area contributed by atoms with Crippen molar-refractivity contribution in [2.45, 2.75) is 44.0 Å². The normalized spacial score (nSPS) is 21.4. The van der Waals surface area contributed by atoms with Crippen molar-refractivity contribution in [1.82, 2.24) is 4.90 Å². The fourth-order valence-electron chi connectivity index (χ4n) is 2.84. The summed E-state index contributed by atoms with van der Waals surface area (Å²) in [5, 5.41) is 7.90. The zero-order valence-corrected chi connectivity index (χ0v) is 14.5. The van der Waals surface area contributed by atoms with E-state index in [2.05, 4.69) is 17.1 Å². The van der Waals surface area contributed by atoms with Crippen LogP contribution in [-0.4, -0.2) is 38.4 Å². The lowest BCUT2D eigenvalue weighted by Crippen LogP contribution is -2.42. The Hall–Kier alpha value is -1.44. The number of carbonyl (C=O) groups is 1. The number of sulfonamides is 1. The van der Waals surface area contributed by atoms with Gasteiger partial charge in [0, 0.05) is 5.69 Å². The lowest BCUT2D eigenvalue weighted by atomic mass is 10.0. The van der Waals surface area contributed by atoms with Gasteiger partial charge in [0.05, 0.1) is 10.9 Å². The molecule has 1 aliphatic heterocycles. The molecule has 0 unspecified atom stereocenters. The van der Waals surface area contributed by atoms with Gasteiger partial charge >= 0.3 is 0 Å². The first-order valence-electron chi connectivity index (χ1n) is 7.95. The van der Waals surface area contributed by atoms with E-state index in [9.17, 15) is 13.2 Å². The minimum absolute atomic E-state index is 0.00782. The Bertz CT molecular complexity index is 660. The molecule has 0 radical (unpaired) electrons. The number of amides is 1. The van der Waals surface area contributed by atoms with E-state index in [1.807, 2.05) is 6.92 Å². The van der Waals surface area contributed by atoms with Crippen LogP contribution >= 0.6 is 0 Å². The van der Waals surface area contributed by atoms with Crippen molar-refractivity contribution in [3.63, 3.8) is 0 Å². The maximum Gasteiger partial charge on any atom is 0.241 e. The average Bonchev–Trinajstić information content (AvgIpc) is 2.70. The zero-order chi connectivity index (χ0) is 17.0. The van der Waals surface area contributed by atoms with Crippen molar-refractivity contribution in [2.24, 2.45) is 11.1 Å². The number of hydrogen-bond donors (Lipinski definition) is 2. The van der Waals surface area contributed by atoms with Crippen molar-refractivity contribution in [2.75, 3.05) is 18.4 Å². The summed E-state index contributed by atoms with van der Waals surface area (Å²) in [6, 6.07) is 5.76. The second kappa shape index (κ2) is 7.42. The number of carbonyl (C=O) groups excluding carboxylic acids is 1. The summed E-state index contributed by atoms with van der Waals surface area (Å²) in [5.41, 5.74) is 0.441. The first kappa shape index (κ1) is 17.9. The van der Waals surface area contributed by atoms with Crippen molar-refractivity contribution in [3.8, 4) is 0 Å². The van der Waals surface area contributed by atoms with Gasteiger partial charge in [0.25, 0.3) is 0 Å². The average molecular weight is 339 g/mol. The molecule has 7 heteroatoms. The summed E-state index contributed by atoms with van der Waals surface area (Å²) in [7, 11) is -3.77. The number of likely N-dealkylation sites (tertiary alicyclic amines) is 1. The Kier molecular flexibility index (Phi) is 5.78. The van der Waals surface area contributed by atoms with Crippen molar-refractivity contribution < 1.29 is 13.2 Å². The highest BCUT2D eigenvalue weighted by molar-refractivity contribution is 7.89. The zero-order valence-electron chi connectivity index (χ0n) is 13.7. The fraction of sp³-hybridized carbons (Fsp3) is 0.562. The topological polar surface area (TPSA) is 92.5 Å². The van der Waals surface area contributed by atoms with Crippen LogP contribution in [0.1, 0.15) is 33.1 Å². The fourth-order valence-corrected chi connectivity index (χ4v) is 3.40. The molecule has 0 bridgehead atoms. The van der Waals surface area contributed by atoms with Crippen LogP contribution in [0.4, 0.5) is 5.69 Å². The molecule has 1 aliphatic rings.